The molecule has 0 aliphatic carbocycles. The van der Waals surface area contributed by atoms with E-state index in [1.807, 2.05) is 36.0 Å². The van der Waals surface area contributed by atoms with Crippen molar-refractivity contribution in [1.82, 2.24) is 0 Å². The summed E-state index contributed by atoms with van der Waals surface area (Å²) in [5, 5.41) is 13.8. The smallest absolute Gasteiger partial charge is 0.0741 e. The molecule has 3 rings (SSSR count). The maximum atomic E-state index is 10.4. The fraction of sp³-hybridized carbons (Fsp3) is 0.250. The van der Waals surface area contributed by atoms with Crippen LogP contribution in [-0.2, 0) is 12.2 Å². The van der Waals surface area contributed by atoms with Crippen molar-refractivity contribution in [3.05, 3.63) is 96.1 Å². The third-order valence-corrected chi connectivity index (χ3v) is 5.76. The van der Waals surface area contributed by atoms with E-state index in [2.05, 4.69) is 72.9 Å². The minimum Gasteiger partial charge on any atom is -0.391 e. The highest BCUT2D eigenvalue weighted by Crippen LogP contribution is 2.24. The zero-order valence-corrected chi connectivity index (χ0v) is 16.5. The molecule has 0 fully saturated rings. The highest BCUT2D eigenvalue weighted by molar-refractivity contribution is 7.98. The average Bonchev–Trinajstić information content (AvgIpc) is 2.72. The fourth-order valence-electron chi connectivity index (χ4n) is 2.96. The number of aliphatic hydroxyl groups excluding tert-OH is 1. The van der Waals surface area contributed by atoms with E-state index in [1.165, 1.54) is 16.0 Å². The van der Waals surface area contributed by atoms with Crippen molar-refractivity contribution in [3.63, 3.8) is 0 Å². The summed E-state index contributed by atoms with van der Waals surface area (Å²) in [5.41, 5.74) is 3.65. The standard InChI is InChI=1S/C24H27NOS/c1-19(16-20-8-4-2-5-9-20)24(26)17-25-22-12-14-23(15-13-22)27-18-21-10-6-3-7-11-21/h2-15,19,24-26H,16-18H2,1H3/t19-,24+/m0/s1. The van der Waals surface area contributed by atoms with E-state index in [1.54, 1.807) is 0 Å². The lowest BCUT2D eigenvalue weighted by molar-refractivity contribution is 0.129. The summed E-state index contributed by atoms with van der Waals surface area (Å²) in [7, 11) is 0. The second-order valence-corrected chi connectivity index (χ2v) is 7.96. The van der Waals surface area contributed by atoms with Gasteiger partial charge in [-0.1, -0.05) is 67.6 Å². The van der Waals surface area contributed by atoms with Crippen molar-refractivity contribution in [3.8, 4) is 0 Å². The highest BCUT2D eigenvalue weighted by Gasteiger charge is 2.14. The second-order valence-electron chi connectivity index (χ2n) is 6.91. The first-order valence-electron chi connectivity index (χ1n) is 9.43. The summed E-state index contributed by atoms with van der Waals surface area (Å²) >= 11 is 1.84. The van der Waals surface area contributed by atoms with Crippen LogP contribution in [0.5, 0.6) is 0 Å². The Kier molecular flexibility index (Phi) is 7.37. The SMILES string of the molecule is C[C@@H](Cc1ccccc1)[C@H](O)CNc1ccc(SCc2ccccc2)cc1. The molecule has 0 aromatic heterocycles. The van der Waals surface area contributed by atoms with Crippen LogP contribution in [0.1, 0.15) is 18.1 Å². The quantitative estimate of drug-likeness (QED) is 0.474. The van der Waals surface area contributed by atoms with Crippen LogP contribution in [0.4, 0.5) is 5.69 Å². The first-order valence-corrected chi connectivity index (χ1v) is 10.4. The van der Waals surface area contributed by atoms with Gasteiger partial charge in [0.25, 0.3) is 0 Å². The van der Waals surface area contributed by atoms with Crippen molar-refractivity contribution < 1.29 is 5.11 Å². The number of hydrogen-bond acceptors (Lipinski definition) is 3. The van der Waals surface area contributed by atoms with Crippen molar-refractivity contribution in [2.45, 2.75) is 30.1 Å². The molecule has 3 aromatic rings. The lowest BCUT2D eigenvalue weighted by Crippen LogP contribution is -2.28. The number of thioether (sulfide) groups is 1. The van der Waals surface area contributed by atoms with E-state index in [0.717, 1.165) is 17.9 Å². The molecule has 0 aliphatic rings. The molecular formula is C24H27NOS. The van der Waals surface area contributed by atoms with Crippen LogP contribution in [0.2, 0.25) is 0 Å². The van der Waals surface area contributed by atoms with Crippen LogP contribution in [0.3, 0.4) is 0 Å². The Bertz CT molecular complexity index is 790. The number of anilines is 1. The van der Waals surface area contributed by atoms with Crippen LogP contribution in [0, 0.1) is 5.92 Å². The predicted octanol–water partition coefficient (Wildman–Crippen LogP) is 5.63. The molecule has 0 unspecified atom stereocenters. The van der Waals surface area contributed by atoms with E-state index < -0.39 is 0 Å². The fourth-order valence-corrected chi connectivity index (χ4v) is 3.81. The Hall–Kier alpha value is -2.23. The Morgan fingerprint density at radius 2 is 1.41 bits per heavy atom. The topological polar surface area (TPSA) is 32.3 Å². The molecule has 27 heavy (non-hydrogen) atoms. The summed E-state index contributed by atoms with van der Waals surface area (Å²) in [6, 6.07) is 29.3. The Labute approximate surface area is 166 Å². The molecule has 0 saturated heterocycles. The lowest BCUT2D eigenvalue weighted by atomic mass is 9.96. The summed E-state index contributed by atoms with van der Waals surface area (Å²) in [4.78, 5) is 1.25. The molecule has 0 amide bonds. The molecule has 0 bridgehead atoms. The number of hydrogen-bond donors (Lipinski definition) is 2. The van der Waals surface area contributed by atoms with Gasteiger partial charge in [0, 0.05) is 22.9 Å². The summed E-state index contributed by atoms with van der Waals surface area (Å²) in [6.07, 6.45) is 0.510. The maximum absolute atomic E-state index is 10.4. The molecule has 2 nitrogen and oxygen atoms in total. The van der Waals surface area contributed by atoms with E-state index >= 15 is 0 Å². The molecule has 3 aromatic carbocycles. The van der Waals surface area contributed by atoms with E-state index in [4.69, 9.17) is 0 Å². The van der Waals surface area contributed by atoms with Crippen molar-refractivity contribution in [2.75, 3.05) is 11.9 Å². The third-order valence-electron chi connectivity index (χ3n) is 4.68. The Balaban J connectivity index is 1.44. The van der Waals surface area contributed by atoms with Gasteiger partial charge < -0.3 is 10.4 Å². The van der Waals surface area contributed by atoms with E-state index in [0.29, 0.717) is 6.54 Å². The normalized spacial score (nSPS) is 13.1. The van der Waals surface area contributed by atoms with Gasteiger partial charge in [0.05, 0.1) is 6.10 Å². The minimum atomic E-state index is -0.377. The van der Waals surface area contributed by atoms with Gasteiger partial charge in [-0.05, 0) is 47.7 Å². The molecule has 0 aliphatic heterocycles. The maximum Gasteiger partial charge on any atom is 0.0741 e. The van der Waals surface area contributed by atoms with Gasteiger partial charge in [-0.3, -0.25) is 0 Å². The number of nitrogens with one attached hydrogen (secondary N) is 1. The van der Waals surface area contributed by atoms with E-state index in [9.17, 15) is 5.11 Å². The van der Waals surface area contributed by atoms with Gasteiger partial charge in [-0.25, -0.2) is 0 Å². The molecule has 140 valence electrons. The van der Waals surface area contributed by atoms with Gasteiger partial charge in [0.15, 0.2) is 0 Å². The third kappa shape index (κ3) is 6.46. The molecule has 2 atom stereocenters. The number of benzene rings is 3. The molecule has 0 saturated carbocycles. The zero-order valence-electron chi connectivity index (χ0n) is 15.7. The summed E-state index contributed by atoms with van der Waals surface area (Å²) < 4.78 is 0. The Morgan fingerprint density at radius 3 is 2.04 bits per heavy atom. The molecule has 3 heteroatoms. The number of rotatable bonds is 9. The first kappa shape index (κ1) is 19.5. The van der Waals surface area contributed by atoms with Crippen LogP contribution >= 0.6 is 11.8 Å². The van der Waals surface area contributed by atoms with Crippen LogP contribution < -0.4 is 5.32 Å². The molecule has 0 heterocycles. The average molecular weight is 378 g/mol. The van der Waals surface area contributed by atoms with Gasteiger partial charge in [-0.15, -0.1) is 11.8 Å². The van der Waals surface area contributed by atoms with Gasteiger partial charge in [0.1, 0.15) is 0 Å². The monoisotopic (exact) mass is 377 g/mol. The van der Waals surface area contributed by atoms with Crippen LogP contribution in [0.25, 0.3) is 0 Å². The second kappa shape index (κ2) is 10.2. The van der Waals surface area contributed by atoms with Gasteiger partial charge >= 0.3 is 0 Å². The number of aliphatic hydroxyl groups is 1. The van der Waals surface area contributed by atoms with Crippen LogP contribution in [0.15, 0.2) is 89.8 Å². The van der Waals surface area contributed by atoms with Gasteiger partial charge in [-0.2, -0.15) is 0 Å². The predicted molar refractivity (Wildman–Crippen MR) is 116 cm³/mol. The zero-order chi connectivity index (χ0) is 18.9. The van der Waals surface area contributed by atoms with Gasteiger partial charge in [0.2, 0.25) is 0 Å². The molecule has 2 N–H and O–H groups in total. The minimum absolute atomic E-state index is 0.209. The highest BCUT2D eigenvalue weighted by atomic mass is 32.2. The largest absolute Gasteiger partial charge is 0.391 e. The Morgan fingerprint density at radius 1 is 0.815 bits per heavy atom. The molecular weight excluding hydrogens is 350 g/mol. The summed E-state index contributed by atoms with van der Waals surface area (Å²) in [6.45, 7) is 2.66. The molecule has 0 radical (unpaired) electrons. The van der Waals surface area contributed by atoms with Crippen molar-refractivity contribution in [1.29, 1.82) is 0 Å². The van der Waals surface area contributed by atoms with Crippen LogP contribution in [-0.4, -0.2) is 17.8 Å². The first-order chi connectivity index (χ1) is 13.2. The summed E-state index contributed by atoms with van der Waals surface area (Å²) in [5.74, 6) is 1.18. The van der Waals surface area contributed by atoms with Crippen molar-refractivity contribution >= 4 is 17.4 Å². The lowest BCUT2D eigenvalue weighted by Gasteiger charge is -2.20. The molecule has 0 spiro atoms. The van der Waals surface area contributed by atoms with E-state index in [-0.39, 0.29) is 12.0 Å². The van der Waals surface area contributed by atoms with Crippen molar-refractivity contribution in [2.24, 2.45) is 5.92 Å².